The maximum atomic E-state index is 9.31. The van der Waals surface area contributed by atoms with Crippen LogP contribution >= 0.6 is 0 Å². The molecule has 1 aromatic rings. The Morgan fingerprint density at radius 3 is 2.40 bits per heavy atom. The van der Waals surface area contributed by atoms with Gasteiger partial charge in [0.25, 0.3) is 0 Å². The largest absolute Gasteiger partial charge is 0.356 e. The summed E-state index contributed by atoms with van der Waals surface area (Å²) < 4.78 is 0. The first-order valence-corrected chi connectivity index (χ1v) is 7.50. The molecule has 0 N–H and O–H groups in total. The number of hydrogen-bond acceptors (Lipinski definition) is 4. The van der Waals surface area contributed by atoms with Crippen molar-refractivity contribution < 1.29 is 0 Å². The Labute approximate surface area is 123 Å². The summed E-state index contributed by atoms with van der Waals surface area (Å²) in [6.07, 6.45) is 2.88. The zero-order valence-electron chi connectivity index (χ0n) is 13.2. The molecule has 0 saturated heterocycles. The first-order chi connectivity index (χ1) is 9.67. The number of anilines is 1. The number of hydrogen-bond donors (Lipinski definition) is 0. The van der Waals surface area contributed by atoms with Gasteiger partial charge < -0.3 is 9.80 Å². The average Bonchev–Trinajstić information content (AvgIpc) is 2.47. The summed E-state index contributed by atoms with van der Waals surface area (Å²) >= 11 is 0. The molecule has 110 valence electrons. The van der Waals surface area contributed by atoms with Crippen molar-refractivity contribution in [2.75, 3.05) is 37.6 Å². The zero-order valence-corrected chi connectivity index (χ0v) is 13.2. The van der Waals surface area contributed by atoms with Crippen molar-refractivity contribution in [2.24, 2.45) is 0 Å². The van der Waals surface area contributed by atoms with Crippen LogP contribution in [0, 0.1) is 18.3 Å². The smallest absolute Gasteiger partial charge is 0.146 e. The molecule has 0 aromatic carbocycles. The second-order valence-corrected chi connectivity index (χ2v) is 4.90. The van der Waals surface area contributed by atoms with Crippen molar-refractivity contribution in [3.8, 4) is 6.07 Å². The van der Waals surface area contributed by atoms with Crippen LogP contribution in [-0.2, 0) is 0 Å². The highest BCUT2D eigenvalue weighted by atomic mass is 15.2. The summed E-state index contributed by atoms with van der Waals surface area (Å²) in [6.45, 7) is 13.6. The first-order valence-electron chi connectivity index (χ1n) is 7.50. The molecule has 0 atom stereocenters. The summed E-state index contributed by atoms with van der Waals surface area (Å²) in [7, 11) is 0. The van der Waals surface area contributed by atoms with E-state index in [1.54, 1.807) is 6.20 Å². The fourth-order valence-electron chi connectivity index (χ4n) is 2.36. The van der Waals surface area contributed by atoms with E-state index in [9.17, 15) is 5.26 Å². The minimum atomic E-state index is 0.706. The highest BCUT2D eigenvalue weighted by Gasteiger charge is 2.13. The van der Waals surface area contributed by atoms with E-state index in [0.717, 1.165) is 50.5 Å². The molecule has 0 bridgehead atoms. The second-order valence-electron chi connectivity index (χ2n) is 4.90. The minimum absolute atomic E-state index is 0.706. The third kappa shape index (κ3) is 4.21. The second kappa shape index (κ2) is 8.55. The van der Waals surface area contributed by atoms with Gasteiger partial charge in [0.15, 0.2) is 0 Å². The number of pyridine rings is 1. The normalized spacial score (nSPS) is 10.6. The average molecular weight is 274 g/mol. The molecule has 1 rings (SSSR count). The summed E-state index contributed by atoms with van der Waals surface area (Å²) in [5.41, 5.74) is 1.71. The topological polar surface area (TPSA) is 43.2 Å². The molecule has 0 aliphatic heterocycles. The predicted octanol–water partition coefficient (Wildman–Crippen LogP) is 2.82. The molecular weight excluding hydrogens is 248 g/mol. The van der Waals surface area contributed by atoms with Gasteiger partial charge in [-0.15, -0.1) is 0 Å². The van der Waals surface area contributed by atoms with Gasteiger partial charge in [0.05, 0.1) is 5.56 Å². The lowest BCUT2D eigenvalue weighted by Gasteiger charge is -2.25. The van der Waals surface area contributed by atoms with Gasteiger partial charge in [-0.3, -0.25) is 0 Å². The van der Waals surface area contributed by atoms with Crippen molar-refractivity contribution in [1.29, 1.82) is 5.26 Å². The van der Waals surface area contributed by atoms with Crippen LogP contribution in [0.2, 0.25) is 0 Å². The molecule has 0 aliphatic rings. The van der Waals surface area contributed by atoms with E-state index in [0.29, 0.717) is 5.56 Å². The number of nitriles is 1. The number of rotatable bonds is 8. The molecule has 0 amide bonds. The van der Waals surface area contributed by atoms with E-state index in [-0.39, 0.29) is 0 Å². The molecule has 20 heavy (non-hydrogen) atoms. The van der Waals surface area contributed by atoms with Gasteiger partial charge in [0, 0.05) is 19.3 Å². The Hall–Kier alpha value is -1.60. The van der Waals surface area contributed by atoms with E-state index in [2.05, 4.69) is 41.6 Å². The minimum Gasteiger partial charge on any atom is -0.356 e. The Balaban J connectivity index is 2.72. The fraction of sp³-hybridized carbons (Fsp3) is 0.625. The van der Waals surface area contributed by atoms with Crippen molar-refractivity contribution in [1.82, 2.24) is 9.88 Å². The van der Waals surface area contributed by atoms with Crippen molar-refractivity contribution in [2.45, 2.75) is 34.1 Å². The zero-order chi connectivity index (χ0) is 15.0. The van der Waals surface area contributed by atoms with Gasteiger partial charge in [0.2, 0.25) is 0 Å². The lowest BCUT2D eigenvalue weighted by Crippen LogP contribution is -2.31. The van der Waals surface area contributed by atoms with Gasteiger partial charge in [0.1, 0.15) is 11.9 Å². The Morgan fingerprint density at radius 2 is 1.85 bits per heavy atom. The predicted molar refractivity (Wildman–Crippen MR) is 84.0 cm³/mol. The highest BCUT2D eigenvalue weighted by Crippen LogP contribution is 2.20. The molecule has 4 heteroatoms. The van der Waals surface area contributed by atoms with Gasteiger partial charge in [-0.2, -0.15) is 5.26 Å². The quantitative estimate of drug-likeness (QED) is 0.731. The Bertz CT molecular complexity index is 446. The first kappa shape index (κ1) is 16.5. The number of aryl methyl sites for hydroxylation is 1. The number of aromatic nitrogens is 1. The van der Waals surface area contributed by atoms with Gasteiger partial charge in [-0.1, -0.05) is 13.8 Å². The molecule has 1 heterocycles. The lowest BCUT2D eigenvalue weighted by atomic mass is 10.1. The summed E-state index contributed by atoms with van der Waals surface area (Å²) in [5, 5.41) is 9.31. The molecule has 0 unspecified atom stereocenters. The maximum absolute atomic E-state index is 9.31. The molecule has 4 nitrogen and oxygen atoms in total. The Morgan fingerprint density at radius 1 is 1.15 bits per heavy atom. The highest BCUT2D eigenvalue weighted by molar-refractivity contribution is 5.57. The molecule has 0 radical (unpaired) electrons. The molecule has 0 saturated carbocycles. The molecule has 0 spiro atoms. The van der Waals surface area contributed by atoms with Crippen molar-refractivity contribution >= 4 is 5.82 Å². The molecular formula is C16H26N4. The molecule has 0 fully saturated rings. The van der Waals surface area contributed by atoms with Crippen LogP contribution in [0.5, 0.6) is 0 Å². The van der Waals surface area contributed by atoms with Crippen LogP contribution < -0.4 is 4.90 Å². The number of nitrogens with zero attached hydrogens (tertiary/aromatic N) is 4. The van der Waals surface area contributed by atoms with Gasteiger partial charge >= 0.3 is 0 Å². The molecule has 0 aliphatic carbocycles. The fourth-order valence-corrected chi connectivity index (χ4v) is 2.36. The lowest BCUT2D eigenvalue weighted by molar-refractivity contribution is 0.300. The van der Waals surface area contributed by atoms with Gasteiger partial charge in [-0.25, -0.2) is 4.98 Å². The Kier molecular flexibility index (Phi) is 7.03. The monoisotopic (exact) mass is 274 g/mol. The summed E-state index contributed by atoms with van der Waals surface area (Å²) in [5.74, 6) is 0.828. The standard InChI is InChI=1S/C16H26N4/c1-5-19(6-2)11-8-12-20(7-3)16-15(13-17)14(4)9-10-18-16/h9-10H,5-8,11-12H2,1-4H3. The van der Waals surface area contributed by atoms with E-state index in [4.69, 9.17) is 0 Å². The SMILES string of the molecule is CCN(CC)CCCN(CC)c1nccc(C)c1C#N. The third-order valence-corrected chi connectivity index (χ3v) is 3.73. The van der Waals surface area contributed by atoms with E-state index in [1.165, 1.54) is 0 Å². The summed E-state index contributed by atoms with van der Waals surface area (Å²) in [4.78, 5) is 9.03. The van der Waals surface area contributed by atoms with Gasteiger partial charge in [-0.05, 0) is 51.5 Å². The van der Waals surface area contributed by atoms with Crippen LogP contribution in [0.15, 0.2) is 12.3 Å². The molecule has 1 aromatic heterocycles. The van der Waals surface area contributed by atoms with Crippen LogP contribution in [-0.4, -0.2) is 42.6 Å². The third-order valence-electron chi connectivity index (χ3n) is 3.73. The van der Waals surface area contributed by atoms with E-state index < -0.39 is 0 Å². The van der Waals surface area contributed by atoms with Crippen LogP contribution in [0.3, 0.4) is 0 Å². The van der Waals surface area contributed by atoms with Crippen LogP contribution in [0.4, 0.5) is 5.82 Å². The van der Waals surface area contributed by atoms with Crippen LogP contribution in [0.25, 0.3) is 0 Å². The maximum Gasteiger partial charge on any atom is 0.146 e. The van der Waals surface area contributed by atoms with Crippen molar-refractivity contribution in [3.05, 3.63) is 23.4 Å². The van der Waals surface area contributed by atoms with Crippen LogP contribution in [0.1, 0.15) is 38.3 Å². The summed E-state index contributed by atoms with van der Waals surface area (Å²) in [6, 6.07) is 4.18. The van der Waals surface area contributed by atoms with Crippen molar-refractivity contribution in [3.63, 3.8) is 0 Å². The van der Waals surface area contributed by atoms with E-state index >= 15 is 0 Å². The van der Waals surface area contributed by atoms with E-state index in [1.807, 2.05) is 13.0 Å².